The van der Waals surface area contributed by atoms with Crippen LogP contribution < -0.4 is 0 Å². The van der Waals surface area contributed by atoms with E-state index in [1.54, 1.807) is 3.59 Å². The van der Waals surface area contributed by atoms with Crippen molar-refractivity contribution in [1.29, 1.82) is 0 Å². The summed E-state index contributed by atoms with van der Waals surface area (Å²) in [6.45, 7) is 11.3. The van der Waals surface area contributed by atoms with Gasteiger partial charge in [0.25, 0.3) is 0 Å². The van der Waals surface area contributed by atoms with Crippen LogP contribution in [-0.2, 0) is 9.47 Å². The zero-order chi connectivity index (χ0) is 17.6. The molecule has 2 nitrogen and oxygen atoms in total. The van der Waals surface area contributed by atoms with Crippen LogP contribution in [0.25, 0.3) is 0 Å². The summed E-state index contributed by atoms with van der Waals surface area (Å²) in [6.07, 6.45) is 13.9. The Hall–Kier alpha value is 0.459. The summed E-state index contributed by atoms with van der Waals surface area (Å²) in [5.41, 5.74) is 0. The van der Waals surface area contributed by atoms with E-state index in [9.17, 15) is 0 Å². The first-order chi connectivity index (χ1) is 11.5. The first-order valence-corrected chi connectivity index (χ1v) is 18.0. The van der Waals surface area contributed by atoms with Gasteiger partial charge in [-0.1, -0.05) is 0 Å². The summed E-state index contributed by atoms with van der Waals surface area (Å²) < 4.78 is 19.1. The fourth-order valence-corrected chi connectivity index (χ4v) is 22.2. The molecule has 2 aliphatic rings. The molecule has 0 bridgehead atoms. The van der Waals surface area contributed by atoms with Gasteiger partial charge < -0.3 is 0 Å². The van der Waals surface area contributed by atoms with Crippen LogP contribution in [0.2, 0.25) is 13.3 Å². The number of fused-ring (bicyclic) bond motifs is 1. The molecule has 0 radical (unpaired) electrons. The average Bonchev–Trinajstić information content (AvgIpc) is 2.88. The van der Waals surface area contributed by atoms with Gasteiger partial charge in [0.15, 0.2) is 0 Å². The zero-order valence-electron chi connectivity index (χ0n) is 16.8. The van der Waals surface area contributed by atoms with E-state index < -0.39 is 24.2 Å². The molecule has 2 atom stereocenters. The second-order valence-electron chi connectivity index (χ2n) is 8.42. The van der Waals surface area contributed by atoms with Crippen molar-refractivity contribution in [2.75, 3.05) is 0 Å². The molecule has 0 N–H and O–H groups in total. The Bertz CT molecular complexity index is 394. The molecule has 0 aromatic carbocycles. The molecule has 3 heteroatoms. The Labute approximate surface area is 154 Å². The van der Waals surface area contributed by atoms with Crippen molar-refractivity contribution in [3.05, 3.63) is 9.67 Å². The SMILES string of the molecule is CCC[CH2][Sn]([CH2]CCC)([CH2]CCC)[C]1=CCC[C@@H]2OC(C)(C)O[C@H]12. The number of rotatable bonds is 10. The fourth-order valence-electron chi connectivity index (χ4n) is 4.70. The second-order valence-corrected chi connectivity index (χ2v) is 21.7. The van der Waals surface area contributed by atoms with Crippen molar-refractivity contribution in [2.45, 2.75) is 117 Å². The third-order valence-corrected chi connectivity index (χ3v) is 22.1. The van der Waals surface area contributed by atoms with E-state index in [0.29, 0.717) is 6.10 Å². The molecular formula is C21H40O2Sn. The van der Waals surface area contributed by atoms with Gasteiger partial charge in [-0.05, 0) is 0 Å². The molecule has 24 heavy (non-hydrogen) atoms. The Morgan fingerprint density at radius 1 is 0.958 bits per heavy atom. The molecule has 1 saturated heterocycles. The predicted molar refractivity (Wildman–Crippen MR) is 106 cm³/mol. The summed E-state index contributed by atoms with van der Waals surface area (Å²) in [6, 6.07) is 0. The number of ether oxygens (including phenoxy) is 2. The molecule has 1 aliphatic carbocycles. The fraction of sp³-hybridized carbons (Fsp3) is 0.905. The first-order valence-electron chi connectivity index (χ1n) is 10.5. The van der Waals surface area contributed by atoms with Crippen molar-refractivity contribution in [1.82, 2.24) is 0 Å². The normalized spacial score (nSPS) is 26.3. The molecule has 0 amide bonds. The van der Waals surface area contributed by atoms with Crippen LogP contribution in [0, 0.1) is 0 Å². The Morgan fingerprint density at radius 2 is 1.50 bits per heavy atom. The van der Waals surface area contributed by atoms with E-state index in [0.717, 1.165) is 6.42 Å². The van der Waals surface area contributed by atoms with Gasteiger partial charge in [-0.3, -0.25) is 0 Å². The van der Waals surface area contributed by atoms with Gasteiger partial charge in [0, 0.05) is 0 Å². The van der Waals surface area contributed by atoms with E-state index in [1.165, 1.54) is 58.3 Å². The maximum absolute atomic E-state index is 6.47. The molecule has 0 spiro atoms. The van der Waals surface area contributed by atoms with E-state index in [1.807, 2.05) is 0 Å². The van der Waals surface area contributed by atoms with E-state index in [2.05, 4.69) is 40.7 Å². The number of hydrogen-bond donors (Lipinski definition) is 0. The minimum atomic E-state index is -2.37. The molecule has 1 heterocycles. The molecule has 1 fully saturated rings. The Morgan fingerprint density at radius 3 is 2.00 bits per heavy atom. The first kappa shape index (κ1) is 20.8. The van der Waals surface area contributed by atoms with Crippen LogP contribution in [0.3, 0.4) is 0 Å². The summed E-state index contributed by atoms with van der Waals surface area (Å²) in [5, 5.41) is 0. The van der Waals surface area contributed by atoms with Crippen LogP contribution in [0.4, 0.5) is 0 Å². The maximum atomic E-state index is 6.47. The van der Waals surface area contributed by atoms with Gasteiger partial charge in [0.05, 0.1) is 0 Å². The number of unbranched alkanes of at least 4 members (excludes halogenated alkanes) is 3. The molecule has 2 rings (SSSR count). The van der Waals surface area contributed by atoms with Gasteiger partial charge in [-0.25, -0.2) is 0 Å². The van der Waals surface area contributed by atoms with Crippen LogP contribution >= 0.6 is 0 Å². The quantitative estimate of drug-likeness (QED) is 0.354. The average molecular weight is 443 g/mol. The topological polar surface area (TPSA) is 18.5 Å². The third-order valence-electron chi connectivity index (χ3n) is 5.94. The Kier molecular flexibility index (Phi) is 8.14. The Balaban J connectivity index is 2.30. The zero-order valence-corrected chi connectivity index (χ0v) is 19.7. The van der Waals surface area contributed by atoms with Gasteiger partial charge in [0.2, 0.25) is 0 Å². The van der Waals surface area contributed by atoms with Gasteiger partial charge in [-0.2, -0.15) is 0 Å². The van der Waals surface area contributed by atoms with E-state index in [4.69, 9.17) is 9.47 Å². The monoisotopic (exact) mass is 444 g/mol. The van der Waals surface area contributed by atoms with Gasteiger partial charge in [-0.15, -0.1) is 0 Å². The summed E-state index contributed by atoms with van der Waals surface area (Å²) in [5.74, 6) is -0.392. The molecule has 0 aromatic rings. The number of hydrogen-bond acceptors (Lipinski definition) is 2. The van der Waals surface area contributed by atoms with Crippen molar-refractivity contribution in [3.63, 3.8) is 0 Å². The molecular weight excluding hydrogens is 403 g/mol. The van der Waals surface area contributed by atoms with Crippen molar-refractivity contribution >= 4 is 18.4 Å². The summed E-state index contributed by atoms with van der Waals surface area (Å²) >= 11 is -2.37. The van der Waals surface area contributed by atoms with E-state index in [-0.39, 0.29) is 6.10 Å². The minimum absolute atomic E-state index is 0.287. The van der Waals surface area contributed by atoms with Crippen LogP contribution in [-0.4, -0.2) is 36.4 Å². The van der Waals surface area contributed by atoms with Crippen molar-refractivity contribution < 1.29 is 9.47 Å². The molecule has 1 aliphatic heterocycles. The molecule has 0 unspecified atom stereocenters. The van der Waals surface area contributed by atoms with Gasteiger partial charge >= 0.3 is 155 Å². The van der Waals surface area contributed by atoms with Crippen LogP contribution in [0.1, 0.15) is 86.0 Å². The third kappa shape index (κ3) is 5.00. The molecule has 0 aromatic heterocycles. The van der Waals surface area contributed by atoms with Gasteiger partial charge in [0.1, 0.15) is 0 Å². The summed E-state index contributed by atoms with van der Waals surface area (Å²) in [7, 11) is 0. The molecule has 140 valence electrons. The second kappa shape index (κ2) is 9.41. The van der Waals surface area contributed by atoms with Crippen molar-refractivity contribution in [2.24, 2.45) is 0 Å². The number of allylic oxidation sites excluding steroid dienone is 1. The standard InChI is InChI=1S/C9H13O2.3C4H9.Sn/c1-9(2)10-7-5-3-4-6-8(7)11-9;3*1-3-4-2;/h3,7-8H,4,6H2,1-2H3;3*1,3-4H2,2H3;/t7-,8+;;;;/m1..../s1. The molecule has 0 saturated carbocycles. The van der Waals surface area contributed by atoms with E-state index >= 15 is 0 Å². The van der Waals surface area contributed by atoms with Crippen molar-refractivity contribution in [3.8, 4) is 0 Å². The summed E-state index contributed by atoms with van der Waals surface area (Å²) in [4.78, 5) is 0. The predicted octanol–water partition coefficient (Wildman–Crippen LogP) is 6.62. The van der Waals surface area contributed by atoms with Crippen LogP contribution in [0.15, 0.2) is 9.67 Å². The van der Waals surface area contributed by atoms with Crippen LogP contribution in [0.5, 0.6) is 0 Å².